The molecule has 0 aliphatic heterocycles. The Morgan fingerprint density at radius 3 is 2.54 bits per heavy atom. The third-order valence-electron chi connectivity index (χ3n) is 4.44. The lowest BCUT2D eigenvalue weighted by atomic mass is 10.00. The molecule has 0 atom stereocenters. The summed E-state index contributed by atoms with van der Waals surface area (Å²) in [6, 6.07) is 6.96. The molecule has 2 rings (SSSR count). The van der Waals surface area contributed by atoms with Crippen LogP contribution in [-0.2, 0) is 9.53 Å². The molecule has 1 aromatic carbocycles. The minimum absolute atomic E-state index is 0.268. The van der Waals surface area contributed by atoms with Crippen molar-refractivity contribution in [1.82, 2.24) is 5.32 Å². The number of nitrogens with zero attached hydrogens (tertiary/aromatic N) is 1. The summed E-state index contributed by atoms with van der Waals surface area (Å²) in [4.78, 5) is 24.4. The molecular weight excluding hydrogens is 360 g/mol. The molecule has 0 saturated heterocycles. The molecule has 7 heteroatoms. The van der Waals surface area contributed by atoms with Gasteiger partial charge in [0.2, 0.25) is 0 Å². The molecular formula is C21H28N2O5. The molecule has 152 valence electrons. The highest BCUT2D eigenvalue weighted by Crippen LogP contribution is 2.30. The van der Waals surface area contributed by atoms with Gasteiger partial charge in [-0.25, -0.2) is 4.79 Å². The highest BCUT2D eigenvalue weighted by Gasteiger charge is 2.35. The second-order valence-electron chi connectivity index (χ2n) is 7.32. The maximum Gasteiger partial charge on any atom is 0.338 e. The van der Waals surface area contributed by atoms with Gasteiger partial charge in [-0.2, -0.15) is 5.26 Å². The molecule has 0 radical (unpaired) electrons. The first-order valence-electron chi connectivity index (χ1n) is 9.68. The van der Waals surface area contributed by atoms with Crippen molar-refractivity contribution in [3.05, 3.63) is 23.8 Å². The van der Waals surface area contributed by atoms with Crippen LogP contribution in [0.15, 0.2) is 18.2 Å². The average molecular weight is 388 g/mol. The molecule has 0 aromatic heterocycles. The van der Waals surface area contributed by atoms with Crippen molar-refractivity contribution in [2.45, 2.75) is 52.0 Å². The zero-order valence-electron chi connectivity index (χ0n) is 16.7. The first kappa shape index (κ1) is 21.5. The van der Waals surface area contributed by atoms with Gasteiger partial charge in [0.05, 0.1) is 24.8 Å². The van der Waals surface area contributed by atoms with Crippen molar-refractivity contribution in [2.75, 3.05) is 19.8 Å². The number of esters is 1. The van der Waals surface area contributed by atoms with Crippen molar-refractivity contribution in [1.29, 1.82) is 5.26 Å². The van der Waals surface area contributed by atoms with E-state index in [4.69, 9.17) is 14.2 Å². The normalized spacial score (nSPS) is 15.0. The minimum Gasteiger partial charge on any atom is -0.490 e. The fourth-order valence-corrected chi connectivity index (χ4v) is 3.04. The summed E-state index contributed by atoms with van der Waals surface area (Å²) < 4.78 is 16.4. The number of carbonyl (C=O) groups is 2. The van der Waals surface area contributed by atoms with E-state index in [0.29, 0.717) is 43.5 Å². The van der Waals surface area contributed by atoms with E-state index in [2.05, 4.69) is 11.4 Å². The van der Waals surface area contributed by atoms with Crippen molar-refractivity contribution >= 4 is 11.9 Å². The van der Waals surface area contributed by atoms with E-state index < -0.39 is 24.0 Å². The number of amides is 1. The molecule has 0 spiro atoms. The topological polar surface area (TPSA) is 97.6 Å². The second-order valence-corrected chi connectivity index (χ2v) is 7.32. The lowest BCUT2D eigenvalue weighted by molar-refractivity contribution is -0.125. The fraction of sp³-hybridized carbons (Fsp3) is 0.571. The monoisotopic (exact) mass is 388 g/mol. The maximum atomic E-state index is 12.3. The summed E-state index contributed by atoms with van der Waals surface area (Å²) in [6.07, 6.45) is 3.05. The van der Waals surface area contributed by atoms with Gasteiger partial charge in [-0.3, -0.25) is 4.79 Å². The van der Waals surface area contributed by atoms with Crippen LogP contribution in [-0.4, -0.2) is 37.2 Å². The third-order valence-corrected chi connectivity index (χ3v) is 4.44. The van der Waals surface area contributed by atoms with Gasteiger partial charge >= 0.3 is 5.97 Å². The summed E-state index contributed by atoms with van der Waals surface area (Å²) in [6.45, 7) is 6.45. The number of rotatable bonds is 9. The molecule has 1 aliphatic carbocycles. The molecule has 1 saturated carbocycles. The molecule has 1 fully saturated rings. The van der Waals surface area contributed by atoms with Crippen molar-refractivity contribution in [2.24, 2.45) is 5.92 Å². The Kier molecular flexibility index (Phi) is 7.68. The predicted octanol–water partition coefficient (Wildman–Crippen LogP) is 3.23. The first-order valence-corrected chi connectivity index (χ1v) is 9.68. The van der Waals surface area contributed by atoms with E-state index in [9.17, 15) is 14.9 Å². The molecule has 7 nitrogen and oxygen atoms in total. The standard InChI is InChI=1S/C21H28N2O5/c1-4-26-18-11-16(7-8-17(18)27-12-15(2)3)20(25)28-13-19(24)23-21(14-22)9-5-6-10-21/h7-8,11,15H,4-6,9-10,12-13H2,1-3H3,(H,23,24). The zero-order chi connectivity index (χ0) is 20.6. The van der Waals surface area contributed by atoms with Crippen LogP contribution in [0.3, 0.4) is 0 Å². The summed E-state index contributed by atoms with van der Waals surface area (Å²) in [5.74, 6) is 0.260. The van der Waals surface area contributed by atoms with Crippen LogP contribution in [0.5, 0.6) is 11.5 Å². The van der Waals surface area contributed by atoms with E-state index in [1.165, 1.54) is 0 Å². The molecule has 1 aliphatic rings. The highest BCUT2D eigenvalue weighted by molar-refractivity contribution is 5.92. The summed E-state index contributed by atoms with van der Waals surface area (Å²) in [7, 11) is 0. The van der Waals surface area contributed by atoms with Crippen LogP contribution in [0, 0.1) is 17.2 Å². The van der Waals surface area contributed by atoms with Gasteiger partial charge in [0.25, 0.3) is 5.91 Å². The van der Waals surface area contributed by atoms with Gasteiger partial charge in [0, 0.05) is 0 Å². The Bertz CT molecular complexity index is 733. The van der Waals surface area contributed by atoms with Crippen LogP contribution in [0.1, 0.15) is 56.8 Å². The maximum absolute atomic E-state index is 12.3. The fourth-order valence-electron chi connectivity index (χ4n) is 3.04. The van der Waals surface area contributed by atoms with E-state index in [-0.39, 0.29) is 5.56 Å². The number of nitriles is 1. The largest absolute Gasteiger partial charge is 0.490 e. The van der Waals surface area contributed by atoms with Gasteiger partial charge in [-0.1, -0.05) is 13.8 Å². The number of nitrogens with one attached hydrogen (secondary N) is 1. The van der Waals surface area contributed by atoms with E-state index in [0.717, 1.165) is 12.8 Å². The summed E-state index contributed by atoms with van der Waals surface area (Å²) >= 11 is 0. The van der Waals surface area contributed by atoms with Crippen LogP contribution < -0.4 is 14.8 Å². The lowest BCUT2D eigenvalue weighted by Crippen LogP contribution is -2.46. The van der Waals surface area contributed by atoms with E-state index >= 15 is 0 Å². The van der Waals surface area contributed by atoms with E-state index in [1.807, 2.05) is 20.8 Å². The van der Waals surface area contributed by atoms with Gasteiger partial charge in [0.1, 0.15) is 5.54 Å². The molecule has 0 unspecified atom stereocenters. The summed E-state index contributed by atoms with van der Waals surface area (Å²) in [5, 5.41) is 12.0. The quantitative estimate of drug-likeness (QED) is 0.652. The lowest BCUT2D eigenvalue weighted by Gasteiger charge is -2.21. The first-order chi connectivity index (χ1) is 13.4. The SMILES string of the molecule is CCOc1cc(C(=O)OCC(=O)NC2(C#N)CCCC2)ccc1OCC(C)C. The van der Waals surface area contributed by atoms with Crippen LogP contribution in [0.4, 0.5) is 0 Å². The van der Waals surface area contributed by atoms with Crippen LogP contribution in [0.2, 0.25) is 0 Å². The van der Waals surface area contributed by atoms with Gasteiger partial charge < -0.3 is 19.5 Å². The number of hydrogen-bond donors (Lipinski definition) is 1. The molecule has 1 amide bonds. The summed E-state index contributed by atoms with van der Waals surface area (Å²) in [5.41, 5.74) is -0.565. The number of hydrogen-bond acceptors (Lipinski definition) is 6. The highest BCUT2D eigenvalue weighted by atomic mass is 16.5. The Hall–Kier alpha value is -2.75. The minimum atomic E-state index is -0.832. The molecule has 1 aromatic rings. The van der Waals surface area contributed by atoms with Gasteiger partial charge in [-0.15, -0.1) is 0 Å². The smallest absolute Gasteiger partial charge is 0.338 e. The van der Waals surface area contributed by atoms with Gasteiger partial charge in [0.15, 0.2) is 18.1 Å². The van der Waals surface area contributed by atoms with Crippen LogP contribution in [0.25, 0.3) is 0 Å². The Morgan fingerprint density at radius 2 is 1.93 bits per heavy atom. The third kappa shape index (κ3) is 5.88. The Labute approximate surface area is 166 Å². The Balaban J connectivity index is 1.96. The average Bonchev–Trinajstić information content (AvgIpc) is 3.14. The van der Waals surface area contributed by atoms with Crippen LogP contribution >= 0.6 is 0 Å². The number of benzene rings is 1. The van der Waals surface area contributed by atoms with Crippen molar-refractivity contribution in [3.8, 4) is 17.6 Å². The zero-order valence-corrected chi connectivity index (χ0v) is 16.7. The van der Waals surface area contributed by atoms with E-state index in [1.54, 1.807) is 18.2 Å². The molecule has 1 N–H and O–H groups in total. The second kappa shape index (κ2) is 9.98. The number of ether oxygens (including phenoxy) is 3. The Morgan fingerprint density at radius 1 is 1.21 bits per heavy atom. The predicted molar refractivity (Wildman–Crippen MR) is 103 cm³/mol. The van der Waals surface area contributed by atoms with Crippen molar-refractivity contribution < 1.29 is 23.8 Å². The molecule has 28 heavy (non-hydrogen) atoms. The molecule has 0 bridgehead atoms. The number of carbonyl (C=O) groups excluding carboxylic acids is 2. The molecule has 0 heterocycles. The van der Waals surface area contributed by atoms with Crippen molar-refractivity contribution in [3.63, 3.8) is 0 Å². The van der Waals surface area contributed by atoms with Gasteiger partial charge in [-0.05, 0) is 56.7 Å².